The molecule has 0 amide bonds. The first kappa shape index (κ1) is 10.3. The number of rotatable bonds is 1. The number of pyridine rings is 1. The largest absolute Gasteiger partial charge is 0.434 e. The summed E-state index contributed by atoms with van der Waals surface area (Å²) >= 11 is 5.84. The van der Waals surface area contributed by atoms with Gasteiger partial charge < -0.3 is 4.42 Å². The molecule has 3 aromatic rings. The summed E-state index contributed by atoms with van der Waals surface area (Å²) in [5.74, 6) is 0.565. The first-order valence-electron chi connectivity index (χ1n) is 5.21. The molecular formula is C13H9ClN2O. The molecule has 0 unspecified atom stereocenters. The Morgan fingerprint density at radius 3 is 2.71 bits per heavy atom. The number of hydrogen-bond donors (Lipinski definition) is 0. The maximum atomic E-state index is 5.84. The van der Waals surface area contributed by atoms with Crippen LogP contribution in [-0.2, 0) is 0 Å². The molecule has 4 heteroatoms. The zero-order valence-corrected chi connectivity index (χ0v) is 9.90. The maximum Gasteiger partial charge on any atom is 0.228 e. The highest BCUT2D eigenvalue weighted by atomic mass is 35.5. The van der Waals surface area contributed by atoms with E-state index in [1.54, 1.807) is 12.3 Å². The number of aromatic nitrogens is 2. The van der Waals surface area contributed by atoms with Crippen LogP contribution < -0.4 is 0 Å². The van der Waals surface area contributed by atoms with Crippen molar-refractivity contribution in [1.82, 2.24) is 9.97 Å². The van der Waals surface area contributed by atoms with E-state index in [2.05, 4.69) is 9.97 Å². The molecule has 0 atom stereocenters. The zero-order valence-electron chi connectivity index (χ0n) is 9.14. The lowest BCUT2D eigenvalue weighted by molar-refractivity contribution is 0.619. The van der Waals surface area contributed by atoms with Crippen molar-refractivity contribution in [2.24, 2.45) is 0 Å². The summed E-state index contributed by atoms with van der Waals surface area (Å²) in [6, 6.07) is 9.70. The van der Waals surface area contributed by atoms with Crippen LogP contribution >= 0.6 is 11.6 Å². The smallest absolute Gasteiger partial charge is 0.228 e. The zero-order chi connectivity index (χ0) is 11.8. The van der Waals surface area contributed by atoms with Crippen LogP contribution in [-0.4, -0.2) is 9.97 Å². The Kier molecular flexibility index (Phi) is 2.34. The van der Waals surface area contributed by atoms with Crippen molar-refractivity contribution in [3.05, 3.63) is 47.1 Å². The van der Waals surface area contributed by atoms with Gasteiger partial charge in [0, 0.05) is 17.8 Å². The maximum absolute atomic E-state index is 5.84. The molecule has 0 fully saturated rings. The van der Waals surface area contributed by atoms with Crippen molar-refractivity contribution in [3.63, 3.8) is 0 Å². The van der Waals surface area contributed by atoms with Gasteiger partial charge in [0.15, 0.2) is 11.2 Å². The SMILES string of the molecule is Cc1ccc(-c2nc3ncc(Cl)cc3o2)cc1. The third-order valence-electron chi connectivity index (χ3n) is 2.51. The molecular weight excluding hydrogens is 236 g/mol. The number of hydrogen-bond acceptors (Lipinski definition) is 3. The van der Waals surface area contributed by atoms with Gasteiger partial charge in [-0.25, -0.2) is 4.98 Å². The summed E-state index contributed by atoms with van der Waals surface area (Å²) in [4.78, 5) is 8.42. The standard InChI is InChI=1S/C13H9ClN2O/c1-8-2-4-9(5-3-8)13-16-12-11(17-13)6-10(14)7-15-12/h2-7H,1H3. The van der Waals surface area contributed by atoms with E-state index in [9.17, 15) is 0 Å². The van der Waals surface area contributed by atoms with Crippen LogP contribution in [0.15, 0.2) is 40.9 Å². The Morgan fingerprint density at radius 1 is 1.18 bits per heavy atom. The molecule has 0 spiro atoms. The van der Waals surface area contributed by atoms with Gasteiger partial charge in [0.05, 0.1) is 5.02 Å². The van der Waals surface area contributed by atoms with Crippen molar-refractivity contribution in [2.75, 3.05) is 0 Å². The summed E-state index contributed by atoms with van der Waals surface area (Å²) < 4.78 is 5.62. The lowest BCUT2D eigenvalue weighted by Crippen LogP contribution is -1.78. The first-order valence-corrected chi connectivity index (χ1v) is 5.59. The van der Waals surface area contributed by atoms with Gasteiger partial charge in [-0.1, -0.05) is 29.3 Å². The molecule has 0 aliphatic rings. The van der Waals surface area contributed by atoms with Crippen LogP contribution in [0.2, 0.25) is 5.02 Å². The molecule has 84 valence electrons. The number of halogens is 1. The summed E-state index contributed by atoms with van der Waals surface area (Å²) in [6.45, 7) is 2.04. The Balaban J connectivity index is 2.14. The van der Waals surface area contributed by atoms with Crippen LogP contribution in [0.4, 0.5) is 0 Å². The van der Waals surface area contributed by atoms with E-state index >= 15 is 0 Å². The van der Waals surface area contributed by atoms with Crippen molar-refractivity contribution in [1.29, 1.82) is 0 Å². The van der Waals surface area contributed by atoms with E-state index in [0.29, 0.717) is 22.1 Å². The molecule has 3 rings (SSSR count). The predicted octanol–water partition coefficient (Wildman–Crippen LogP) is 3.85. The Labute approximate surface area is 103 Å². The summed E-state index contributed by atoms with van der Waals surface area (Å²) in [7, 11) is 0. The Morgan fingerprint density at radius 2 is 1.94 bits per heavy atom. The number of oxazole rings is 1. The average Bonchev–Trinajstić information content (AvgIpc) is 2.72. The molecule has 17 heavy (non-hydrogen) atoms. The van der Waals surface area contributed by atoms with Crippen molar-refractivity contribution < 1.29 is 4.42 Å². The van der Waals surface area contributed by atoms with Gasteiger partial charge in [-0.15, -0.1) is 0 Å². The minimum absolute atomic E-state index is 0.545. The Bertz CT molecular complexity index is 673. The lowest BCUT2D eigenvalue weighted by Gasteiger charge is -1.95. The molecule has 0 radical (unpaired) electrons. The Hall–Kier alpha value is -1.87. The summed E-state index contributed by atoms with van der Waals surface area (Å²) in [6.07, 6.45) is 1.56. The number of nitrogens with zero attached hydrogens (tertiary/aromatic N) is 2. The van der Waals surface area contributed by atoms with Crippen LogP contribution in [0, 0.1) is 6.92 Å². The fraction of sp³-hybridized carbons (Fsp3) is 0.0769. The normalized spacial score (nSPS) is 10.9. The van der Waals surface area contributed by atoms with E-state index in [4.69, 9.17) is 16.0 Å². The van der Waals surface area contributed by atoms with Gasteiger partial charge in [-0.2, -0.15) is 4.98 Å². The average molecular weight is 245 g/mol. The summed E-state index contributed by atoms with van der Waals surface area (Å²) in [5.41, 5.74) is 3.31. The lowest BCUT2D eigenvalue weighted by atomic mass is 10.1. The molecule has 2 aromatic heterocycles. The van der Waals surface area contributed by atoms with E-state index in [0.717, 1.165) is 5.56 Å². The molecule has 0 aliphatic heterocycles. The molecule has 3 nitrogen and oxygen atoms in total. The first-order chi connectivity index (χ1) is 8.22. The molecule has 2 heterocycles. The number of benzene rings is 1. The fourth-order valence-electron chi connectivity index (χ4n) is 1.62. The number of fused-ring (bicyclic) bond motifs is 1. The van der Waals surface area contributed by atoms with Crippen molar-refractivity contribution in [2.45, 2.75) is 6.92 Å². The van der Waals surface area contributed by atoms with Crippen LogP contribution in [0.1, 0.15) is 5.56 Å². The second-order valence-electron chi connectivity index (χ2n) is 3.86. The van der Waals surface area contributed by atoms with Crippen LogP contribution in [0.3, 0.4) is 0 Å². The minimum atomic E-state index is 0.545. The molecule has 0 saturated heterocycles. The van der Waals surface area contributed by atoms with Gasteiger partial charge in [0.25, 0.3) is 0 Å². The van der Waals surface area contributed by atoms with Crippen molar-refractivity contribution in [3.8, 4) is 11.5 Å². The topological polar surface area (TPSA) is 38.9 Å². The molecule has 0 saturated carbocycles. The van der Waals surface area contributed by atoms with Gasteiger partial charge in [-0.3, -0.25) is 0 Å². The van der Waals surface area contributed by atoms with Crippen LogP contribution in [0.25, 0.3) is 22.7 Å². The van der Waals surface area contributed by atoms with Gasteiger partial charge >= 0.3 is 0 Å². The highest BCUT2D eigenvalue weighted by Crippen LogP contribution is 2.24. The van der Waals surface area contributed by atoms with Gasteiger partial charge in [-0.05, 0) is 19.1 Å². The number of aryl methyl sites for hydroxylation is 1. The summed E-state index contributed by atoms with van der Waals surface area (Å²) in [5, 5.41) is 0.545. The van der Waals surface area contributed by atoms with Crippen molar-refractivity contribution >= 4 is 22.8 Å². The van der Waals surface area contributed by atoms with E-state index in [1.165, 1.54) is 5.56 Å². The third-order valence-corrected chi connectivity index (χ3v) is 2.72. The molecule has 0 aliphatic carbocycles. The fourth-order valence-corrected chi connectivity index (χ4v) is 1.76. The monoisotopic (exact) mass is 244 g/mol. The van der Waals surface area contributed by atoms with Gasteiger partial charge in [0.1, 0.15) is 0 Å². The molecule has 0 bridgehead atoms. The van der Waals surface area contributed by atoms with Gasteiger partial charge in [0.2, 0.25) is 5.89 Å². The predicted molar refractivity (Wildman–Crippen MR) is 67.0 cm³/mol. The van der Waals surface area contributed by atoms with E-state index in [1.807, 2.05) is 31.2 Å². The highest BCUT2D eigenvalue weighted by molar-refractivity contribution is 6.30. The van der Waals surface area contributed by atoms with E-state index in [-0.39, 0.29) is 0 Å². The minimum Gasteiger partial charge on any atom is -0.434 e. The second kappa shape index (κ2) is 3.86. The third kappa shape index (κ3) is 1.89. The molecule has 1 aromatic carbocycles. The highest BCUT2D eigenvalue weighted by Gasteiger charge is 2.09. The van der Waals surface area contributed by atoms with E-state index < -0.39 is 0 Å². The molecule has 0 N–H and O–H groups in total. The quantitative estimate of drug-likeness (QED) is 0.653. The van der Waals surface area contributed by atoms with Crippen LogP contribution in [0.5, 0.6) is 0 Å². The second-order valence-corrected chi connectivity index (χ2v) is 4.30.